The highest BCUT2D eigenvalue weighted by molar-refractivity contribution is 5.81. The Kier molecular flexibility index (Phi) is 3.69. The number of β-amino-alcohol motifs (C(OH)–C–C–N with tert-alkyl or cyclic N) is 1. The SMILES string of the molecule is CCCC(N)C(=O)N1CCC(O)C1. The smallest absolute Gasteiger partial charge is 0.239 e. The molecule has 1 fully saturated rings. The van der Waals surface area contributed by atoms with Crippen LogP contribution in [0.2, 0.25) is 0 Å². The van der Waals surface area contributed by atoms with Gasteiger partial charge in [0.15, 0.2) is 0 Å². The average Bonchev–Trinajstić information content (AvgIpc) is 2.51. The zero-order valence-electron chi connectivity index (χ0n) is 8.07. The fourth-order valence-corrected chi connectivity index (χ4v) is 1.61. The fourth-order valence-electron chi connectivity index (χ4n) is 1.61. The summed E-state index contributed by atoms with van der Waals surface area (Å²) in [6.45, 7) is 3.11. The van der Waals surface area contributed by atoms with E-state index < -0.39 is 0 Å². The molecule has 0 bridgehead atoms. The van der Waals surface area contributed by atoms with Crippen LogP contribution in [0.4, 0.5) is 0 Å². The van der Waals surface area contributed by atoms with Crippen molar-refractivity contribution in [3.63, 3.8) is 0 Å². The Hall–Kier alpha value is -0.610. The molecule has 0 aliphatic carbocycles. The molecular weight excluding hydrogens is 168 g/mol. The molecule has 1 rings (SSSR count). The Morgan fingerprint density at radius 1 is 1.77 bits per heavy atom. The van der Waals surface area contributed by atoms with E-state index in [1.54, 1.807) is 4.90 Å². The first kappa shape index (κ1) is 10.5. The summed E-state index contributed by atoms with van der Waals surface area (Å²) in [6, 6.07) is -0.379. The number of amides is 1. The Labute approximate surface area is 78.7 Å². The molecule has 4 nitrogen and oxygen atoms in total. The molecule has 0 aromatic rings. The van der Waals surface area contributed by atoms with E-state index in [0.29, 0.717) is 19.5 Å². The van der Waals surface area contributed by atoms with Crippen molar-refractivity contribution in [2.45, 2.75) is 38.3 Å². The summed E-state index contributed by atoms with van der Waals surface area (Å²) < 4.78 is 0. The molecule has 1 aliphatic rings. The summed E-state index contributed by atoms with van der Waals surface area (Å²) in [5, 5.41) is 9.23. The molecule has 13 heavy (non-hydrogen) atoms. The van der Waals surface area contributed by atoms with Gasteiger partial charge in [0.2, 0.25) is 5.91 Å². The van der Waals surface area contributed by atoms with Gasteiger partial charge in [0, 0.05) is 13.1 Å². The third kappa shape index (κ3) is 2.67. The Morgan fingerprint density at radius 2 is 2.46 bits per heavy atom. The van der Waals surface area contributed by atoms with Gasteiger partial charge < -0.3 is 15.7 Å². The third-order valence-corrected chi connectivity index (χ3v) is 2.39. The van der Waals surface area contributed by atoms with E-state index in [-0.39, 0.29) is 18.1 Å². The van der Waals surface area contributed by atoms with E-state index in [2.05, 4.69) is 0 Å². The van der Waals surface area contributed by atoms with Crippen molar-refractivity contribution in [3.05, 3.63) is 0 Å². The summed E-state index contributed by atoms with van der Waals surface area (Å²) in [7, 11) is 0. The molecule has 2 atom stereocenters. The van der Waals surface area contributed by atoms with Crippen LogP contribution in [0.25, 0.3) is 0 Å². The van der Waals surface area contributed by atoms with Gasteiger partial charge in [0.05, 0.1) is 12.1 Å². The Bertz CT molecular complexity index is 184. The lowest BCUT2D eigenvalue weighted by Crippen LogP contribution is -2.42. The first-order valence-corrected chi connectivity index (χ1v) is 4.87. The van der Waals surface area contributed by atoms with Gasteiger partial charge in [-0.1, -0.05) is 13.3 Å². The second-order valence-corrected chi connectivity index (χ2v) is 3.62. The van der Waals surface area contributed by atoms with E-state index in [9.17, 15) is 9.90 Å². The number of carbonyl (C=O) groups is 1. The van der Waals surface area contributed by atoms with Gasteiger partial charge in [-0.2, -0.15) is 0 Å². The zero-order chi connectivity index (χ0) is 9.84. The molecule has 0 saturated carbocycles. The maximum atomic E-state index is 11.6. The van der Waals surface area contributed by atoms with Crippen molar-refractivity contribution in [1.82, 2.24) is 4.90 Å². The number of hydrogen-bond acceptors (Lipinski definition) is 3. The van der Waals surface area contributed by atoms with Crippen LogP contribution in [-0.2, 0) is 4.79 Å². The molecule has 2 unspecified atom stereocenters. The summed E-state index contributed by atoms with van der Waals surface area (Å²) in [4.78, 5) is 13.2. The van der Waals surface area contributed by atoms with Crippen LogP contribution in [0.15, 0.2) is 0 Å². The van der Waals surface area contributed by atoms with Crippen LogP contribution in [-0.4, -0.2) is 41.1 Å². The number of hydrogen-bond donors (Lipinski definition) is 2. The molecule has 0 radical (unpaired) electrons. The summed E-state index contributed by atoms with van der Waals surface area (Å²) in [6.07, 6.45) is 1.98. The average molecular weight is 186 g/mol. The minimum absolute atomic E-state index is 0.0154. The maximum absolute atomic E-state index is 11.6. The number of carbonyl (C=O) groups excluding carboxylic acids is 1. The molecule has 1 heterocycles. The van der Waals surface area contributed by atoms with Crippen LogP contribution >= 0.6 is 0 Å². The highest BCUT2D eigenvalue weighted by atomic mass is 16.3. The quantitative estimate of drug-likeness (QED) is 0.636. The first-order chi connectivity index (χ1) is 6.15. The van der Waals surface area contributed by atoms with Gasteiger partial charge in [0.25, 0.3) is 0 Å². The molecule has 1 saturated heterocycles. The lowest BCUT2D eigenvalue weighted by Gasteiger charge is -2.19. The first-order valence-electron chi connectivity index (χ1n) is 4.87. The monoisotopic (exact) mass is 186 g/mol. The van der Waals surface area contributed by atoms with E-state index in [0.717, 1.165) is 12.8 Å². The van der Waals surface area contributed by atoms with Gasteiger partial charge >= 0.3 is 0 Å². The van der Waals surface area contributed by atoms with Crippen LogP contribution < -0.4 is 5.73 Å². The fraction of sp³-hybridized carbons (Fsp3) is 0.889. The van der Waals surface area contributed by atoms with Crippen LogP contribution in [0, 0.1) is 0 Å². The molecule has 0 aromatic heterocycles. The van der Waals surface area contributed by atoms with Crippen molar-refractivity contribution in [2.24, 2.45) is 5.73 Å². The number of rotatable bonds is 3. The normalized spacial score (nSPS) is 24.8. The van der Waals surface area contributed by atoms with Crippen molar-refractivity contribution in [2.75, 3.05) is 13.1 Å². The number of nitrogens with two attached hydrogens (primary N) is 1. The van der Waals surface area contributed by atoms with Crippen molar-refractivity contribution in [3.8, 4) is 0 Å². The van der Waals surface area contributed by atoms with Gasteiger partial charge in [-0.25, -0.2) is 0 Å². The van der Waals surface area contributed by atoms with Gasteiger partial charge in [0.1, 0.15) is 0 Å². The van der Waals surface area contributed by atoms with E-state index in [1.165, 1.54) is 0 Å². The molecule has 0 spiro atoms. The summed E-state index contributed by atoms with van der Waals surface area (Å²) >= 11 is 0. The van der Waals surface area contributed by atoms with Crippen molar-refractivity contribution < 1.29 is 9.90 Å². The number of aliphatic hydroxyl groups is 1. The van der Waals surface area contributed by atoms with E-state index in [4.69, 9.17) is 5.73 Å². The number of aliphatic hydroxyl groups excluding tert-OH is 1. The van der Waals surface area contributed by atoms with Gasteiger partial charge in [-0.3, -0.25) is 4.79 Å². The lowest BCUT2D eigenvalue weighted by atomic mass is 10.1. The van der Waals surface area contributed by atoms with Crippen LogP contribution in [0.1, 0.15) is 26.2 Å². The minimum atomic E-state index is -0.379. The highest BCUT2D eigenvalue weighted by Gasteiger charge is 2.27. The molecule has 1 aliphatic heterocycles. The van der Waals surface area contributed by atoms with Crippen molar-refractivity contribution >= 4 is 5.91 Å². The second-order valence-electron chi connectivity index (χ2n) is 3.62. The predicted molar refractivity (Wildman–Crippen MR) is 50.1 cm³/mol. The largest absolute Gasteiger partial charge is 0.391 e. The standard InChI is InChI=1S/C9H18N2O2/c1-2-3-8(10)9(13)11-5-4-7(12)6-11/h7-8,12H,2-6,10H2,1H3. The van der Waals surface area contributed by atoms with Crippen molar-refractivity contribution in [1.29, 1.82) is 0 Å². The highest BCUT2D eigenvalue weighted by Crippen LogP contribution is 2.10. The van der Waals surface area contributed by atoms with Gasteiger partial charge in [-0.05, 0) is 12.8 Å². The minimum Gasteiger partial charge on any atom is -0.391 e. The second kappa shape index (κ2) is 4.58. The summed E-state index contributed by atoms with van der Waals surface area (Å²) in [5.74, 6) is -0.0154. The molecule has 4 heteroatoms. The zero-order valence-corrected chi connectivity index (χ0v) is 8.07. The lowest BCUT2D eigenvalue weighted by molar-refractivity contribution is -0.132. The van der Waals surface area contributed by atoms with Crippen LogP contribution in [0.5, 0.6) is 0 Å². The maximum Gasteiger partial charge on any atom is 0.239 e. The summed E-state index contributed by atoms with van der Waals surface area (Å²) in [5.41, 5.74) is 5.68. The third-order valence-electron chi connectivity index (χ3n) is 2.39. The molecule has 0 aromatic carbocycles. The van der Waals surface area contributed by atoms with Gasteiger partial charge in [-0.15, -0.1) is 0 Å². The topological polar surface area (TPSA) is 66.6 Å². The van der Waals surface area contributed by atoms with E-state index >= 15 is 0 Å². The Balaban J connectivity index is 2.38. The van der Waals surface area contributed by atoms with Crippen LogP contribution in [0.3, 0.4) is 0 Å². The number of nitrogens with zero attached hydrogens (tertiary/aromatic N) is 1. The Morgan fingerprint density at radius 3 is 2.92 bits per heavy atom. The molecule has 1 amide bonds. The van der Waals surface area contributed by atoms with E-state index in [1.807, 2.05) is 6.92 Å². The molecular formula is C9H18N2O2. The predicted octanol–water partition coefficient (Wildman–Crippen LogP) is -0.293. The number of likely N-dealkylation sites (tertiary alicyclic amines) is 1. The molecule has 3 N–H and O–H groups in total. The molecule has 76 valence electrons.